The second kappa shape index (κ2) is 4.81. The third-order valence-corrected chi connectivity index (χ3v) is 2.26. The standard InChI is InChI=1S/C11H9ClN2O2/c12-6-10(15)13-9-7-16-14-11(9)8-4-2-1-3-5-8/h1-5,7H,6H2,(H,13,15). The van der Waals surface area contributed by atoms with E-state index in [4.69, 9.17) is 16.1 Å². The zero-order valence-corrected chi connectivity index (χ0v) is 9.07. The van der Waals surface area contributed by atoms with Crippen LogP contribution in [-0.4, -0.2) is 16.9 Å². The number of nitrogens with one attached hydrogen (secondary N) is 1. The SMILES string of the molecule is O=C(CCl)Nc1conc1-c1ccccc1. The number of hydrogen-bond donors (Lipinski definition) is 1. The first-order valence-corrected chi connectivity index (χ1v) is 5.20. The molecule has 0 aliphatic carbocycles. The maximum Gasteiger partial charge on any atom is 0.239 e. The molecule has 0 saturated carbocycles. The number of carbonyl (C=O) groups is 1. The van der Waals surface area contributed by atoms with Crippen molar-refractivity contribution in [3.63, 3.8) is 0 Å². The van der Waals surface area contributed by atoms with Crippen LogP contribution in [0.15, 0.2) is 41.1 Å². The summed E-state index contributed by atoms with van der Waals surface area (Å²) in [6.45, 7) is 0. The molecule has 4 nitrogen and oxygen atoms in total. The highest BCUT2D eigenvalue weighted by atomic mass is 35.5. The van der Waals surface area contributed by atoms with E-state index in [1.54, 1.807) is 0 Å². The summed E-state index contributed by atoms with van der Waals surface area (Å²) in [6, 6.07) is 9.44. The lowest BCUT2D eigenvalue weighted by Gasteiger charge is -2.01. The van der Waals surface area contributed by atoms with Gasteiger partial charge in [0.2, 0.25) is 5.91 Å². The smallest absolute Gasteiger partial charge is 0.239 e. The summed E-state index contributed by atoms with van der Waals surface area (Å²) in [6.07, 6.45) is 1.38. The predicted molar refractivity (Wildman–Crippen MR) is 61.3 cm³/mol. The van der Waals surface area contributed by atoms with E-state index in [1.165, 1.54) is 6.26 Å². The number of carbonyl (C=O) groups excluding carboxylic acids is 1. The van der Waals surface area contributed by atoms with Crippen LogP contribution >= 0.6 is 11.6 Å². The van der Waals surface area contributed by atoms with Gasteiger partial charge in [-0.2, -0.15) is 0 Å². The minimum Gasteiger partial charge on any atom is -0.362 e. The van der Waals surface area contributed by atoms with Gasteiger partial charge in [-0.05, 0) is 0 Å². The van der Waals surface area contributed by atoms with Crippen LogP contribution in [0, 0.1) is 0 Å². The molecule has 82 valence electrons. The van der Waals surface area contributed by atoms with E-state index in [0.717, 1.165) is 5.56 Å². The largest absolute Gasteiger partial charge is 0.362 e. The molecule has 5 heteroatoms. The van der Waals surface area contributed by atoms with Gasteiger partial charge in [-0.3, -0.25) is 4.79 Å². The van der Waals surface area contributed by atoms with Gasteiger partial charge in [-0.1, -0.05) is 35.5 Å². The van der Waals surface area contributed by atoms with E-state index in [9.17, 15) is 4.79 Å². The molecular formula is C11H9ClN2O2. The first-order valence-electron chi connectivity index (χ1n) is 4.67. The number of benzene rings is 1. The molecule has 1 aromatic carbocycles. The van der Waals surface area contributed by atoms with E-state index in [-0.39, 0.29) is 11.8 Å². The number of aromatic nitrogens is 1. The molecule has 2 aromatic rings. The zero-order chi connectivity index (χ0) is 11.4. The molecule has 1 amide bonds. The van der Waals surface area contributed by atoms with Gasteiger partial charge in [0.05, 0.1) is 0 Å². The minimum absolute atomic E-state index is 0.0978. The fourth-order valence-electron chi connectivity index (χ4n) is 1.31. The van der Waals surface area contributed by atoms with E-state index >= 15 is 0 Å². The van der Waals surface area contributed by atoms with Gasteiger partial charge < -0.3 is 9.84 Å². The first kappa shape index (κ1) is 10.7. The van der Waals surface area contributed by atoms with Crippen molar-refractivity contribution >= 4 is 23.2 Å². The Hall–Kier alpha value is -1.81. The lowest BCUT2D eigenvalue weighted by molar-refractivity contribution is -0.113. The number of amides is 1. The maximum atomic E-state index is 11.2. The fraction of sp³-hybridized carbons (Fsp3) is 0.0909. The average Bonchev–Trinajstić information content (AvgIpc) is 2.78. The summed E-state index contributed by atoms with van der Waals surface area (Å²) in [5.41, 5.74) is 2.00. The Morgan fingerprint density at radius 3 is 2.81 bits per heavy atom. The monoisotopic (exact) mass is 236 g/mol. The van der Waals surface area contributed by atoms with Gasteiger partial charge in [0.1, 0.15) is 23.5 Å². The summed E-state index contributed by atoms with van der Waals surface area (Å²) in [7, 11) is 0. The molecule has 0 bridgehead atoms. The zero-order valence-electron chi connectivity index (χ0n) is 8.31. The molecule has 0 atom stereocenters. The summed E-state index contributed by atoms with van der Waals surface area (Å²) in [4.78, 5) is 11.2. The number of nitrogens with zero attached hydrogens (tertiary/aromatic N) is 1. The van der Waals surface area contributed by atoms with Crippen molar-refractivity contribution in [3.05, 3.63) is 36.6 Å². The number of hydrogen-bond acceptors (Lipinski definition) is 3. The normalized spacial score (nSPS) is 10.1. The Balaban J connectivity index is 2.29. The van der Waals surface area contributed by atoms with Crippen LogP contribution in [0.4, 0.5) is 5.69 Å². The molecule has 2 rings (SSSR count). The predicted octanol–water partition coefficient (Wildman–Crippen LogP) is 2.52. The second-order valence-electron chi connectivity index (χ2n) is 3.12. The third-order valence-electron chi connectivity index (χ3n) is 2.01. The van der Waals surface area contributed by atoms with Crippen LogP contribution in [0.2, 0.25) is 0 Å². The molecule has 16 heavy (non-hydrogen) atoms. The topological polar surface area (TPSA) is 55.1 Å². The van der Waals surface area contributed by atoms with Crippen LogP contribution in [0.1, 0.15) is 0 Å². The van der Waals surface area contributed by atoms with Gasteiger partial charge in [-0.15, -0.1) is 11.6 Å². The summed E-state index contributed by atoms with van der Waals surface area (Å²) in [5.74, 6) is -0.388. The number of rotatable bonds is 3. The van der Waals surface area contributed by atoms with Gasteiger partial charge in [0.25, 0.3) is 0 Å². The van der Waals surface area contributed by atoms with Crippen molar-refractivity contribution in [2.75, 3.05) is 11.2 Å². The molecular weight excluding hydrogens is 228 g/mol. The Kier molecular flexibility index (Phi) is 3.22. The van der Waals surface area contributed by atoms with Gasteiger partial charge in [-0.25, -0.2) is 0 Å². The first-order chi connectivity index (χ1) is 7.81. The molecule has 0 saturated heterocycles. The molecule has 0 fully saturated rings. The lowest BCUT2D eigenvalue weighted by atomic mass is 10.1. The Morgan fingerprint density at radius 1 is 1.38 bits per heavy atom. The molecule has 1 aromatic heterocycles. The van der Waals surface area contributed by atoms with Crippen LogP contribution in [-0.2, 0) is 4.79 Å². The fourth-order valence-corrected chi connectivity index (χ4v) is 1.38. The van der Waals surface area contributed by atoms with E-state index < -0.39 is 0 Å². The summed E-state index contributed by atoms with van der Waals surface area (Å²) >= 11 is 5.40. The van der Waals surface area contributed by atoms with Gasteiger partial charge in [0.15, 0.2) is 0 Å². The Bertz CT molecular complexity index is 482. The van der Waals surface area contributed by atoms with Crippen LogP contribution in [0.5, 0.6) is 0 Å². The van der Waals surface area contributed by atoms with Gasteiger partial charge >= 0.3 is 0 Å². The van der Waals surface area contributed by atoms with Crippen molar-refractivity contribution in [2.45, 2.75) is 0 Å². The van der Waals surface area contributed by atoms with Crippen molar-refractivity contribution in [2.24, 2.45) is 0 Å². The van der Waals surface area contributed by atoms with Crippen LogP contribution in [0.3, 0.4) is 0 Å². The number of alkyl halides is 1. The van der Waals surface area contributed by atoms with Gasteiger partial charge in [0, 0.05) is 5.56 Å². The third kappa shape index (κ3) is 2.23. The Labute approximate surface area is 97.2 Å². The Morgan fingerprint density at radius 2 is 2.12 bits per heavy atom. The van der Waals surface area contributed by atoms with Crippen molar-refractivity contribution in [1.82, 2.24) is 5.16 Å². The molecule has 0 unspecified atom stereocenters. The highest BCUT2D eigenvalue weighted by molar-refractivity contribution is 6.29. The molecule has 1 heterocycles. The summed E-state index contributed by atoms with van der Waals surface area (Å²) < 4.78 is 4.84. The van der Waals surface area contributed by atoms with E-state index in [0.29, 0.717) is 11.4 Å². The molecule has 0 aliphatic heterocycles. The average molecular weight is 237 g/mol. The van der Waals surface area contributed by atoms with Crippen molar-refractivity contribution < 1.29 is 9.32 Å². The van der Waals surface area contributed by atoms with Crippen LogP contribution < -0.4 is 5.32 Å². The van der Waals surface area contributed by atoms with Crippen LogP contribution in [0.25, 0.3) is 11.3 Å². The minimum atomic E-state index is -0.290. The maximum absolute atomic E-state index is 11.2. The molecule has 0 radical (unpaired) electrons. The van der Waals surface area contributed by atoms with E-state index in [2.05, 4.69) is 10.5 Å². The highest BCUT2D eigenvalue weighted by Gasteiger charge is 2.11. The van der Waals surface area contributed by atoms with Crippen molar-refractivity contribution in [1.29, 1.82) is 0 Å². The number of anilines is 1. The van der Waals surface area contributed by atoms with Crippen molar-refractivity contribution in [3.8, 4) is 11.3 Å². The molecule has 1 N–H and O–H groups in total. The summed E-state index contributed by atoms with van der Waals surface area (Å²) in [5, 5.41) is 6.45. The second-order valence-corrected chi connectivity index (χ2v) is 3.39. The highest BCUT2D eigenvalue weighted by Crippen LogP contribution is 2.25. The lowest BCUT2D eigenvalue weighted by Crippen LogP contribution is -2.12. The molecule has 0 spiro atoms. The van der Waals surface area contributed by atoms with E-state index in [1.807, 2.05) is 30.3 Å². The molecule has 0 aliphatic rings. The number of halogens is 1. The quantitative estimate of drug-likeness (QED) is 0.834.